The van der Waals surface area contributed by atoms with Crippen molar-refractivity contribution in [1.29, 1.82) is 0 Å². The Bertz CT molecular complexity index is 609. The van der Waals surface area contributed by atoms with Crippen molar-refractivity contribution in [3.05, 3.63) is 52.2 Å². The van der Waals surface area contributed by atoms with E-state index in [1.54, 1.807) is 13.2 Å². The minimum absolute atomic E-state index is 0.0736. The summed E-state index contributed by atoms with van der Waals surface area (Å²) < 4.78 is 5.07. The lowest BCUT2D eigenvalue weighted by Gasteiger charge is -2.07. The van der Waals surface area contributed by atoms with E-state index in [9.17, 15) is 9.59 Å². The third-order valence-corrected chi connectivity index (χ3v) is 3.87. The molecule has 0 aliphatic carbocycles. The van der Waals surface area contributed by atoms with Gasteiger partial charge in [-0.05, 0) is 29.1 Å². The van der Waals surface area contributed by atoms with Crippen LogP contribution in [0.2, 0.25) is 0 Å². The maximum Gasteiger partial charge on any atom is 0.261 e. The van der Waals surface area contributed by atoms with Crippen LogP contribution in [0.1, 0.15) is 15.2 Å². The maximum atomic E-state index is 11.8. The molecular formula is C16H18N2O3S. The van der Waals surface area contributed by atoms with E-state index in [2.05, 4.69) is 10.6 Å². The first-order chi connectivity index (χ1) is 10.7. The third-order valence-electron chi connectivity index (χ3n) is 3.00. The van der Waals surface area contributed by atoms with E-state index in [0.717, 1.165) is 11.3 Å². The number of methoxy groups -OCH3 is 1. The van der Waals surface area contributed by atoms with E-state index in [1.807, 2.05) is 35.7 Å². The monoisotopic (exact) mass is 318 g/mol. The standard InChI is InChI=1S/C16H18N2O3S/c1-21-13-6-4-12(5-7-13)11-15(19)17-8-9-18-16(20)14-3-2-10-22-14/h2-7,10H,8-9,11H2,1H3,(H,17,19)(H,18,20). The summed E-state index contributed by atoms with van der Waals surface area (Å²) in [5.74, 6) is 0.579. The molecule has 0 bridgehead atoms. The number of benzene rings is 1. The highest BCUT2D eigenvalue weighted by Crippen LogP contribution is 2.11. The molecule has 0 fully saturated rings. The third kappa shape index (κ3) is 4.89. The molecule has 0 aliphatic heterocycles. The van der Waals surface area contributed by atoms with Gasteiger partial charge in [-0.2, -0.15) is 0 Å². The van der Waals surface area contributed by atoms with Crippen LogP contribution in [0.25, 0.3) is 0 Å². The number of thiophene rings is 1. The lowest BCUT2D eigenvalue weighted by Crippen LogP contribution is -2.35. The van der Waals surface area contributed by atoms with Crippen LogP contribution >= 0.6 is 11.3 Å². The van der Waals surface area contributed by atoms with Gasteiger partial charge >= 0.3 is 0 Å². The summed E-state index contributed by atoms with van der Waals surface area (Å²) in [6, 6.07) is 11.0. The number of carbonyl (C=O) groups excluding carboxylic acids is 2. The second-order valence-electron chi connectivity index (χ2n) is 4.61. The highest BCUT2D eigenvalue weighted by Gasteiger charge is 2.06. The van der Waals surface area contributed by atoms with Crippen molar-refractivity contribution in [1.82, 2.24) is 10.6 Å². The van der Waals surface area contributed by atoms with Crippen molar-refractivity contribution < 1.29 is 14.3 Å². The Hall–Kier alpha value is -2.34. The lowest BCUT2D eigenvalue weighted by molar-refractivity contribution is -0.120. The molecule has 0 saturated heterocycles. The zero-order chi connectivity index (χ0) is 15.8. The summed E-state index contributed by atoms with van der Waals surface area (Å²) in [6.07, 6.45) is 0.308. The summed E-state index contributed by atoms with van der Waals surface area (Å²) in [4.78, 5) is 24.1. The van der Waals surface area contributed by atoms with Gasteiger partial charge in [0.2, 0.25) is 5.91 Å². The first-order valence-corrected chi connectivity index (χ1v) is 7.78. The zero-order valence-corrected chi connectivity index (χ0v) is 13.1. The van der Waals surface area contributed by atoms with Crippen molar-refractivity contribution in [2.45, 2.75) is 6.42 Å². The number of rotatable bonds is 7. The molecule has 2 amide bonds. The first-order valence-electron chi connectivity index (χ1n) is 6.90. The van der Waals surface area contributed by atoms with Crippen molar-refractivity contribution in [3.8, 4) is 5.75 Å². The summed E-state index contributed by atoms with van der Waals surface area (Å²) >= 11 is 1.39. The molecule has 6 heteroatoms. The number of hydrogen-bond donors (Lipinski definition) is 2. The van der Waals surface area contributed by atoms with E-state index in [1.165, 1.54) is 11.3 Å². The summed E-state index contributed by atoms with van der Waals surface area (Å²) in [6.45, 7) is 0.817. The van der Waals surface area contributed by atoms with Gasteiger partial charge in [-0.25, -0.2) is 0 Å². The molecule has 0 saturated carbocycles. The molecule has 22 heavy (non-hydrogen) atoms. The Morgan fingerprint density at radius 3 is 2.45 bits per heavy atom. The number of ether oxygens (including phenoxy) is 1. The first kappa shape index (κ1) is 16.0. The van der Waals surface area contributed by atoms with Gasteiger partial charge in [-0.15, -0.1) is 11.3 Å². The average Bonchev–Trinajstić information content (AvgIpc) is 3.06. The Morgan fingerprint density at radius 2 is 1.82 bits per heavy atom. The molecule has 0 unspecified atom stereocenters. The Balaban J connectivity index is 1.66. The van der Waals surface area contributed by atoms with E-state index in [-0.39, 0.29) is 11.8 Å². The predicted octanol–water partition coefficient (Wildman–Crippen LogP) is 1.85. The van der Waals surface area contributed by atoms with Gasteiger partial charge in [0, 0.05) is 13.1 Å². The maximum absolute atomic E-state index is 11.8. The van der Waals surface area contributed by atoms with Crippen LogP contribution in [0.5, 0.6) is 5.75 Å². The fraction of sp³-hybridized carbons (Fsp3) is 0.250. The number of amides is 2. The van der Waals surface area contributed by atoms with Gasteiger partial charge < -0.3 is 15.4 Å². The molecular weight excluding hydrogens is 300 g/mol. The fourth-order valence-corrected chi connectivity index (χ4v) is 2.50. The molecule has 1 heterocycles. The number of hydrogen-bond acceptors (Lipinski definition) is 4. The van der Waals surface area contributed by atoms with Gasteiger partial charge in [0.05, 0.1) is 18.4 Å². The van der Waals surface area contributed by atoms with Crippen molar-refractivity contribution >= 4 is 23.2 Å². The van der Waals surface area contributed by atoms with E-state index < -0.39 is 0 Å². The topological polar surface area (TPSA) is 67.4 Å². The van der Waals surface area contributed by atoms with Crippen molar-refractivity contribution in [3.63, 3.8) is 0 Å². The molecule has 2 aromatic rings. The molecule has 0 atom stereocenters. The normalized spacial score (nSPS) is 10.0. The molecule has 2 N–H and O–H groups in total. The highest BCUT2D eigenvalue weighted by atomic mass is 32.1. The van der Waals surface area contributed by atoms with Crippen LogP contribution in [-0.2, 0) is 11.2 Å². The molecule has 0 radical (unpaired) electrons. The van der Waals surface area contributed by atoms with Crippen molar-refractivity contribution in [2.24, 2.45) is 0 Å². The Labute approximate surface area is 133 Å². The molecule has 116 valence electrons. The van der Waals surface area contributed by atoms with Crippen LogP contribution < -0.4 is 15.4 Å². The minimum atomic E-state index is -0.112. The quantitative estimate of drug-likeness (QED) is 0.766. The lowest BCUT2D eigenvalue weighted by atomic mass is 10.1. The number of carbonyl (C=O) groups is 2. The minimum Gasteiger partial charge on any atom is -0.497 e. The van der Waals surface area contributed by atoms with Crippen LogP contribution in [-0.4, -0.2) is 32.0 Å². The fourth-order valence-electron chi connectivity index (χ4n) is 1.86. The van der Waals surface area contributed by atoms with Gasteiger partial charge in [-0.3, -0.25) is 9.59 Å². The second-order valence-corrected chi connectivity index (χ2v) is 5.56. The average molecular weight is 318 g/mol. The number of nitrogens with one attached hydrogen (secondary N) is 2. The molecule has 1 aromatic carbocycles. The van der Waals surface area contributed by atoms with E-state index >= 15 is 0 Å². The van der Waals surface area contributed by atoms with Crippen molar-refractivity contribution in [2.75, 3.05) is 20.2 Å². The van der Waals surface area contributed by atoms with E-state index in [0.29, 0.717) is 24.4 Å². The summed E-state index contributed by atoms with van der Waals surface area (Å²) in [5.41, 5.74) is 0.918. The summed E-state index contributed by atoms with van der Waals surface area (Å²) in [7, 11) is 1.60. The Kier molecular flexibility index (Phi) is 5.97. The highest BCUT2D eigenvalue weighted by molar-refractivity contribution is 7.12. The predicted molar refractivity (Wildman–Crippen MR) is 86.4 cm³/mol. The Morgan fingerprint density at radius 1 is 1.09 bits per heavy atom. The molecule has 1 aromatic heterocycles. The van der Waals surface area contributed by atoms with Gasteiger partial charge in [0.25, 0.3) is 5.91 Å². The van der Waals surface area contributed by atoms with Crippen LogP contribution in [0.15, 0.2) is 41.8 Å². The van der Waals surface area contributed by atoms with Crippen LogP contribution in [0.3, 0.4) is 0 Å². The smallest absolute Gasteiger partial charge is 0.261 e. The van der Waals surface area contributed by atoms with Crippen LogP contribution in [0.4, 0.5) is 0 Å². The van der Waals surface area contributed by atoms with Gasteiger partial charge in [0.15, 0.2) is 0 Å². The molecule has 2 rings (SSSR count). The molecule has 5 nitrogen and oxygen atoms in total. The zero-order valence-electron chi connectivity index (χ0n) is 12.3. The molecule has 0 aliphatic rings. The second kappa shape index (κ2) is 8.19. The largest absolute Gasteiger partial charge is 0.497 e. The van der Waals surface area contributed by atoms with Gasteiger partial charge in [-0.1, -0.05) is 18.2 Å². The SMILES string of the molecule is COc1ccc(CC(=O)NCCNC(=O)c2cccs2)cc1. The van der Waals surface area contributed by atoms with E-state index in [4.69, 9.17) is 4.74 Å². The summed E-state index contributed by atoms with van der Waals surface area (Å²) in [5, 5.41) is 7.39. The molecule has 0 spiro atoms. The van der Waals surface area contributed by atoms with Crippen LogP contribution in [0, 0.1) is 0 Å². The van der Waals surface area contributed by atoms with Gasteiger partial charge in [0.1, 0.15) is 5.75 Å².